The molecule has 18 heavy (non-hydrogen) atoms. The average Bonchev–Trinajstić information content (AvgIpc) is 2.26. The summed E-state index contributed by atoms with van der Waals surface area (Å²) in [6, 6.07) is 8.14. The number of aliphatic hydroxyl groups is 1. The van der Waals surface area contributed by atoms with E-state index in [9.17, 15) is 5.11 Å². The van der Waals surface area contributed by atoms with Gasteiger partial charge < -0.3 is 9.84 Å². The second-order valence-corrected chi connectivity index (χ2v) is 5.68. The Hall–Kier alpha value is -1.02. The molecule has 0 amide bonds. The smallest absolute Gasteiger partial charge is 0.119 e. The van der Waals surface area contributed by atoms with Gasteiger partial charge >= 0.3 is 0 Å². The molecule has 0 heterocycles. The van der Waals surface area contributed by atoms with E-state index in [4.69, 9.17) is 4.74 Å². The molecule has 1 N–H and O–H groups in total. The topological polar surface area (TPSA) is 29.5 Å². The Bertz CT molecular complexity index is 356. The molecule has 1 rings (SSSR count). The molecule has 1 atom stereocenters. The fourth-order valence-electron chi connectivity index (χ4n) is 2.35. The van der Waals surface area contributed by atoms with Crippen molar-refractivity contribution < 1.29 is 9.84 Å². The van der Waals surface area contributed by atoms with Crippen LogP contribution in [0.2, 0.25) is 0 Å². The van der Waals surface area contributed by atoms with Crippen LogP contribution in [-0.4, -0.2) is 17.3 Å². The molecule has 0 aromatic heterocycles. The van der Waals surface area contributed by atoms with Gasteiger partial charge in [-0.1, -0.05) is 26.0 Å². The zero-order valence-electron chi connectivity index (χ0n) is 12.1. The third-order valence-electron chi connectivity index (χ3n) is 3.01. The molecule has 0 saturated heterocycles. The van der Waals surface area contributed by atoms with Crippen LogP contribution < -0.4 is 4.74 Å². The number of rotatable bonds is 7. The van der Waals surface area contributed by atoms with E-state index in [1.54, 1.807) is 0 Å². The summed E-state index contributed by atoms with van der Waals surface area (Å²) in [5.41, 5.74) is 0.653. The van der Waals surface area contributed by atoms with Gasteiger partial charge in [0.2, 0.25) is 0 Å². The minimum absolute atomic E-state index is 0.523. The monoisotopic (exact) mass is 250 g/mol. The number of hydrogen-bond acceptors (Lipinski definition) is 2. The molecule has 0 fully saturated rings. The summed E-state index contributed by atoms with van der Waals surface area (Å²) in [6.07, 6.45) is 2.53. The summed E-state index contributed by atoms with van der Waals surface area (Å²) >= 11 is 0. The van der Waals surface area contributed by atoms with E-state index in [1.165, 1.54) is 5.56 Å². The lowest BCUT2D eigenvalue weighted by Gasteiger charge is -2.25. The maximum absolute atomic E-state index is 10.3. The fraction of sp³-hybridized carbons (Fsp3) is 0.625. The van der Waals surface area contributed by atoms with Gasteiger partial charge in [-0.15, -0.1) is 0 Å². The Kier molecular flexibility index (Phi) is 5.67. The van der Waals surface area contributed by atoms with E-state index in [0.717, 1.165) is 25.0 Å². The summed E-state index contributed by atoms with van der Waals surface area (Å²) < 4.78 is 5.48. The first kappa shape index (κ1) is 15.0. The van der Waals surface area contributed by atoms with Gasteiger partial charge in [0, 0.05) is 0 Å². The van der Waals surface area contributed by atoms with Crippen molar-refractivity contribution in [3.8, 4) is 5.75 Å². The molecule has 0 saturated carbocycles. The highest BCUT2D eigenvalue weighted by Crippen LogP contribution is 2.23. The molecule has 0 spiro atoms. The van der Waals surface area contributed by atoms with Crippen molar-refractivity contribution in [2.45, 2.75) is 52.6 Å². The zero-order chi connectivity index (χ0) is 13.6. The van der Waals surface area contributed by atoms with Gasteiger partial charge in [0.25, 0.3) is 0 Å². The molecule has 1 aromatic carbocycles. The van der Waals surface area contributed by atoms with E-state index in [1.807, 2.05) is 26.0 Å². The molecule has 0 aliphatic carbocycles. The van der Waals surface area contributed by atoms with E-state index in [0.29, 0.717) is 12.5 Å². The quantitative estimate of drug-likeness (QED) is 0.797. The minimum Gasteiger partial charge on any atom is -0.494 e. The fourth-order valence-corrected chi connectivity index (χ4v) is 2.35. The summed E-state index contributed by atoms with van der Waals surface area (Å²) in [5, 5.41) is 10.3. The van der Waals surface area contributed by atoms with Gasteiger partial charge in [-0.3, -0.25) is 0 Å². The molecule has 1 unspecified atom stereocenters. The molecular weight excluding hydrogens is 224 g/mol. The molecule has 2 nitrogen and oxygen atoms in total. The van der Waals surface area contributed by atoms with Crippen LogP contribution in [0.5, 0.6) is 5.75 Å². The van der Waals surface area contributed by atoms with E-state index < -0.39 is 5.60 Å². The number of ether oxygens (including phenoxy) is 1. The van der Waals surface area contributed by atoms with Crippen LogP contribution in [0.4, 0.5) is 0 Å². The van der Waals surface area contributed by atoms with Gasteiger partial charge in [-0.25, -0.2) is 0 Å². The lowest BCUT2D eigenvalue weighted by atomic mass is 9.88. The molecule has 0 radical (unpaired) electrons. The highest BCUT2D eigenvalue weighted by atomic mass is 16.5. The minimum atomic E-state index is -0.574. The maximum Gasteiger partial charge on any atom is 0.119 e. The molecule has 1 aromatic rings. The maximum atomic E-state index is 10.3. The van der Waals surface area contributed by atoms with Crippen LogP contribution in [0, 0.1) is 5.92 Å². The predicted octanol–water partition coefficient (Wildman–Crippen LogP) is 3.82. The lowest BCUT2D eigenvalue weighted by molar-refractivity contribution is 0.0302. The summed E-state index contributed by atoms with van der Waals surface area (Å²) in [5.74, 6) is 1.44. The standard InChI is InChI=1S/C16H26O2/c1-5-18-15-8-6-7-14(11-15)9-10-16(4,17)12-13(2)3/h6-8,11,13,17H,5,9-10,12H2,1-4H3. The molecule has 0 aliphatic heterocycles. The third kappa shape index (κ3) is 5.54. The highest BCUT2D eigenvalue weighted by molar-refractivity contribution is 5.28. The SMILES string of the molecule is CCOc1cccc(CCC(C)(O)CC(C)C)c1. The van der Waals surface area contributed by atoms with E-state index in [2.05, 4.69) is 26.0 Å². The third-order valence-corrected chi connectivity index (χ3v) is 3.01. The first-order valence-electron chi connectivity index (χ1n) is 6.87. The van der Waals surface area contributed by atoms with Crippen LogP contribution in [0.1, 0.15) is 46.1 Å². The Balaban J connectivity index is 2.54. The lowest BCUT2D eigenvalue weighted by Crippen LogP contribution is -2.26. The molecular formula is C16H26O2. The molecule has 0 bridgehead atoms. The van der Waals surface area contributed by atoms with Crippen molar-refractivity contribution in [3.05, 3.63) is 29.8 Å². The molecule has 2 heteroatoms. The number of benzene rings is 1. The van der Waals surface area contributed by atoms with Gasteiger partial charge in [0.15, 0.2) is 0 Å². The summed E-state index contributed by atoms with van der Waals surface area (Å²) in [7, 11) is 0. The van der Waals surface area contributed by atoms with Crippen LogP contribution in [-0.2, 0) is 6.42 Å². The van der Waals surface area contributed by atoms with Crippen LogP contribution in [0.3, 0.4) is 0 Å². The average molecular weight is 250 g/mol. The zero-order valence-corrected chi connectivity index (χ0v) is 12.1. The van der Waals surface area contributed by atoms with Gasteiger partial charge in [-0.2, -0.15) is 0 Å². The number of hydrogen-bond donors (Lipinski definition) is 1. The Labute approximate surface area is 111 Å². The van der Waals surface area contributed by atoms with Crippen molar-refractivity contribution in [1.29, 1.82) is 0 Å². The Morgan fingerprint density at radius 1 is 1.33 bits per heavy atom. The van der Waals surface area contributed by atoms with Gasteiger partial charge in [-0.05, 0) is 56.7 Å². The predicted molar refractivity (Wildman–Crippen MR) is 76.0 cm³/mol. The Morgan fingerprint density at radius 3 is 2.67 bits per heavy atom. The summed E-state index contributed by atoms with van der Waals surface area (Å²) in [4.78, 5) is 0. The van der Waals surface area contributed by atoms with Crippen molar-refractivity contribution in [3.63, 3.8) is 0 Å². The first-order chi connectivity index (χ1) is 8.43. The van der Waals surface area contributed by atoms with Gasteiger partial charge in [0.05, 0.1) is 12.2 Å². The van der Waals surface area contributed by atoms with E-state index >= 15 is 0 Å². The number of aryl methyl sites for hydroxylation is 1. The highest BCUT2D eigenvalue weighted by Gasteiger charge is 2.21. The van der Waals surface area contributed by atoms with Crippen molar-refractivity contribution >= 4 is 0 Å². The molecule has 102 valence electrons. The molecule has 0 aliphatic rings. The second kappa shape index (κ2) is 6.79. The van der Waals surface area contributed by atoms with E-state index in [-0.39, 0.29) is 0 Å². The second-order valence-electron chi connectivity index (χ2n) is 5.68. The van der Waals surface area contributed by atoms with Crippen LogP contribution >= 0.6 is 0 Å². The normalized spacial score (nSPS) is 14.6. The van der Waals surface area contributed by atoms with Crippen molar-refractivity contribution in [1.82, 2.24) is 0 Å². The summed E-state index contributed by atoms with van der Waals surface area (Å²) in [6.45, 7) is 8.89. The Morgan fingerprint density at radius 2 is 2.06 bits per heavy atom. The largest absolute Gasteiger partial charge is 0.494 e. The van der Waals surface area contributed by atoms with Crippen molar-refractivity contribution in [2.75, 3.05) is 6.61 Å². The van der Waals surface area contributed by atoms with Crippen molar-refractivity contribution in [2.24, 2.45) is 5.92 Å². The first-order valence-corrected chi connectivity index (χ1v) is 6.87. The van der Waals surface area contributed by atoms with Gasteiger partial charge in [0.1, 0.15) is 5.75 Å². The van der Waals surface area contributed by atoms with Crippen LogP contribution in [0.15, 0.2) is 24.3 Å². The van der Waals surface area contributed by atoms with Crippen LogP contribution in [0.25, 0.3) is 0 Å².